The summed E-state index contributed by atoms with van der Waals surface area (Å²) in [6.07, 6.45) is 1.75. The summed E-state index contributed by atoms with van der Waals surface area (Å²) in [7, 11) is 0. The van der Waals surface area contributed by atoms with Crippen LogP contribution in [0.1, 0.15) is 5.56 Å². The third kappa shape index (κ3) is 2.66. The fraction of sp³-hybridized carbons (Fsp3) is 0.286. The van der Waals surface area contributed by atoms with E-state index >= 15 is 0 Å². The zero-order valence-electron chi connectivity index (χ0n) is 10.4. The lowest BCUT2D eigenvalue weighted by Crippen LogP contribution is -2.32. The Hall–Kier alpha value is -2.14. The maximum Gasteiger partial charge on any atom is 0.365 e. The molecule has 2 aliphatic heterocycles. The number of carbonyl (C=O) groups is 1. The fourth-order valence-corrected chi connectivity index (χ4v) is 1.98. The number of morpholine rings is 1. The van der Waals surface area contributed by atoms with Crippen LogP contribution < -0.4 is 0 Å². The number of ether oxygens (including phenoxy) is 2. The van der Waals surface area contributed by atoms with Gasteiger partial charge in [-0.05, 0) is 12.1 Å². The van der Waals surface area contributed by atoms with Crippen LogP contribution in [-0.2, 0) is 14.3 Å². The second kappa shape index (κ2) is 5.24. The number of carbonyl (C=O) groups excluding carboxylic acids is 1. The molecule has 0 bridgehead atoms. The standard InChI is InChI=1S/C14H14N2O3/c17-14-12(10-16-6-8-18-9-7-16)15-13(19-14)11-4-2-1-3-5-11/h1-5,10H,6-9H2/b12-10+. The molecule has 5 heteroatoms. The first-order chi connectivity index (χ1) is 9.33. The summed E-state index contributed by atoms with van der Waals surface area (Å²) in [4.78, 5) is 18.1. The van der Waals surface area contributed by atoms with E-state index < -0.39 is 5.97 Å². The van der Waals surface area contributed by atoms with E-state index in [0.717, 1.165) is 18.7 Å². The van der Waals surface area contributed by atoms with Crippen LogP contribution in [0.5, 0.6) is 0 Å². The van der Waals surface area contributed by atoms with Gasteiger partial charge in [-0.15, -0.1) is 0 Å². The first kappa shape index (κ1) is 11.9. The van der Waals surface area contributed by atoms with Crippen molar-refractivity contribution in [1.29, 1.82) is 0 Å². The van der Waals surface area contributed by atoms with E-state index in [-0.39, 0.29) is 0 Å². The van der Waals surface area contributed by atoms with Gasteiger partial charge in [0.25, 0.3) is 0 Å². The summed E-state index contributed by atoms with van der Waals surface area (Å²) >= 11 is 0. The van der Waals surface area contributed by atoms with E-state index in [1.165, 1.54) is 0 Å². The van der Waals surface area contributed by atoms with E-state index in [0.29, 0.717) is 24.8 Å². The number of esters is 1. The number of hydrogen-bond donors (Lipinski definition) is 0. The second-order valence-electron chi connectivity index (χ2n) is 4.34. The maximum atomic E-state index is 11.8. The molecule has 0 aromatic heterocycles. The summed E-state index contributed by atoms with van der Waals surface area (Å²) in [6, 6.07) is 9.41. The van der Waals surface area contributed by atoms with Gasteiger partial charge in [-0.3, -0.25) is 0 Å². The Morgan fingerprint density at radius 3 is 2.63 bits per heavy atom. The molecule has 1 aromatic rings. The molecule has 3 rings (SSSR count). The maximum absolute atomic E-state index is 11.8. The van der Waals surface area contributed by atoms with Crippen LogP contribution in [0.4, 0.5) is 0 Å². The topological polar surface area (TPSA) is 51.1 Å². The SMILES string of the molecule is O=C1OC(c2ccccc2)=N/C1=C/N1CCOCC1. The Kier molecular flexibility index (Phi) is 3.29. The van der Waals surface area contributed by atoms with E-state index in [9.17, 15) is 4.79 Å². The summed E-state index contributed by atoms with van der Waals surface area (Å²) in [5, 5.41) is 0. The highest BCUT2D eigenvalue weighted by molar-refractivity contribution is 6.11. The quantitative estimate of drug-likeness (QED) is 0.590. The molecule has 19 heavy (non-hydrogen) atoms. The molecule has 98 valence electrons. The molecule has 0 aliphatic carbocycles. The molecule has 2 heterocycles. The molecule has 2 aliphatic rings. The predicted molar refractivity (Wildman–Crippen MR) is 69.5 cm³/mol. The highest BCUT2D eigenvalue weighted by Crippen LogP contribution is 2.17. The van der Waals surface area contributed by atoms with E-state index in [1.807, 2.05) is 35.2 Å². The van der Waals surface area contributed by atoms with Gasteiger partial charge in [-0.1, -0.05) is 18.2 Å². The average molecular weight is 258 g/mol. The lowest BCUT2D eigenvalue weighted by Gasteiger charge is -2.24. The Bertz CT molecular complexity index is 531. The van der Waals surface area contributed by atoms with Gasteiger partial charge in [-0.25, -0.2) is 9.79 Å². The van der Waals surface area contributed by atoms with Gasteiger partial charge in [0.1, 0.15) is 0 Å². The zero-order valence-corrected chi connectivity index (χ0v) is 10.4. The van der Waals surface area contributed by atoms with Crippen molar-refractivity contribution < 1.29 is 14.3 Å². The van der Waals surface area contributed by atoms with Gasteiger partial charge < -0.3 is 14.4 Å². The summed E-state index contributed by atoms with van der Waals surface area (Å²) in [6.45, 7) is 2.89. The van der Waals surface area contributed by atoms with E-state index in [2.05, 4.69) is 4.99 Å². The number of cyclic esters (lactones) is 1. The molecular formula is C14H14N2O3. The Labute approximate surface area is 111 Å². The highest BCUT2D eigenvalue weighted by atomic mass is 16.6. The van der Waals surface area contributed by atoms with Crippen LogP contribution in [0.2, 0.25) is 0 Å². The second-order valence-corrected chi connectivity index (χ2v) is 4.34. The van der Waals surface area contributed by atoms with Crippen molar-refractivity contribution in [2.45, 2.75) is 0 Å². The van der Waals surface area contributed by atoms with Crippen LogP contribution in [0.25, 0.3) is 0 Å². The molecule has 0 N–H and O–H groups in total. The number of rotatable bonds is 2. The molecule has 0 spiro atoms. The molecule has 0 atom stereocenters. The third-order valence-electron chi connectivity index (χ3n) is 2.99. The molecule has 0 amide bonds. The van der Waals surface area contributed by atoms with Crippen molar-refractivity contribution in [3.8, 4) is 0 Å². The molecule has 5 nitrogen and oxygen atoms in total. The van der Waals surface area contributed by atoms with Crippen LogP contribution in [0, 0.1) is 0 Å². The first-order valence-electron chi connectivity index (χ1n) is 6.23. The summed E-state index contributed by atoms with van der Waals surface area (Å²) in [5.41, 5.74) is 1.15. The molecule has 1 saturated heterocycles. The van der Waals surface area contributed by atoms with Gasteiger partial charge in [0.2, 0.25) is 5.90 Å². The number of hydrogen-bond acceptors (Lipinski definition) is 5. The third-order valence-corrected chi connectivity index (χ3v) is 2.99. The van der Waals surface area contributed by atoms with Gasteiger partial charge in [-0.2, -0.15) is 0 Å². The largest absolute Gasteiger partial charge is 0.402 e. The minimum absolute atomic E-state index is 0.348. The summed E-state index contributed by atoms with van der Waals surface area (Å²) < 4.78 is 10.4. The van der Waals surface area contributed by atoms with Crippen molar-refractivity contribution >= 4 is 11.9 Å². The van der Waals surface area contributed by atoms with E-state index in [4.69, 9.17) is 9.47 Å². The predicted octanol–water partition coefficient (Wildman–Crippen LogP) is 1.16. The molecule has 1 aromatic carbocycles. The van der Waals surface area contributed by atoms with Crippen molar-refractivity contribution in [2.75, 3.05) is 26.3 Å². The normalized spacial score (nSPS) is 21.5. The van der Waals surface area contributed by atoms with Crippen molar-refractivity contribution in [3.63, 3.8) is 0 Å². The zero-order chi connectivity index (χ0) is 13.1. The molecule has 0 saturated carbocycles. The van der Waals surface area contributed by atoms with Crippen molar-refractivity contribution in [3.05, 3.63) is 47.8 Å². The minimum atomic E-state index is -0.398. The Balaban J connectivity index is 1.81. The average Bonchev–Trinajstić information content (AvgIpc) is 2.82. The van der Waals surface area contributed by atoms with Crippen molar-refractivity contribution in [1.82, 2.24) is 4.90 Å². The number of benzene rings is 1. The minimum Gasteiger partial charge on any atom is -0.402 e. The fourth-order valence-electron chi connectivity index (χ4n) is 1.98. The van der Waals surface area contributed by atoms with Crippen LogP contribution in [0.3, 0.4) is 0 Å². The van der Waals surface area contributed by atoms with Crippen LogP contribution in [0.15, 0.2) is 47.2 Å². The number of aliphatic imine (C=N–C) groups is 1. The first-order valence-corrected chi connectivity index (χ1v) is 6.23. The van der Waals surface area contributed by atoms with Crippen molar-refractivity contribution in [2.24, 2.45) is 4.99 Å². The smallest absolute Gasteiger partial charge is 0.365 e. The van der Waals surface area contributed by atoms with Crippen LogP contribution >= 0.6 is 0 Å². The summed E-state index contributed by atoms with van der Waals surface area (Å²) in [5.74, 6) is -0.0320. The molecule has 0 unspecified atom stereocenters. The van der Waals surface area contributed by atoms with Gasteiger partial charge in [0.05, 0.1) is 13.2 Å². The monoisotopic (exact) mass is 258 g/mol. The Morgan fingerprint density at radius 2 is 1.89 bits per heavy atom. The van der Waals surface area contributed by atoms with E-state index in [1.54, 1.807) is 6.20 Å². The molecule has 0 radical (unpaired) electrons. The highest BCUT2D eigenvalue weighted by Gasteiger charge is 2.25. The number of nitrogens with zero attached hydrogens (tertiary/aromatic N) is 2. The van der Waals surface area contributed by atoms with Gasteiger partial charge in [0.15, 0.2) is 5.70 Å². The molecule has 1 fully saturated rings. The van der Waals surface area contributed by atoms with Gasteiger partial charge in [0, 0.05) is 24.9 Å². The Morgan fingerprint density at radius 1 is 1.16 bits per heavy atom. The molecular weight excluding hydrogens is 244 g/mol. The lowest BCUT2D eigenvalue weighted by molar-refractivity contribution is -0.130. The lowest BCUT2D eigenvalue weighted by atomic mass is 10.2. The van der Waals surface area contributed by atoms with Crippen LogP contribution in [-0.4, -0.2) is 43.1 Å². The van der Waals surface area contributed by atoms with Gasteiger partial charge >= 0.3 is 5.97 Å².